The van der Waals surface area contributed by atoms with Gasteiger partial charge in [-0.1, -0.05) is 22.9 Å². The largest absolute Gasteiger partial charge is 0.246 e. The molecule has 0 radical (unpaired) electrons. The summed E-state index contributed by atoms with van der Waals surface area (Å²) in [5, 5.41) is 0.713. The average molecular weight is 227 g/mol. The van der Waals surface area contributed by atoms with Crippen molar-refractivity contribution in [2.45, 2.75) is 32.6 Å². The topological polar surface area (TPSA) is 0 Å². The molecule has 0 nitrogen and oxygen atoms in total. The molecule has 0 heterocycles. The molecular formula is C8H13BrF2. The lowest BCUT2D eigenvalue weighted by molar-refractivity contribution is -0.00660. The number of alkyl halides is 3. The zero-order valence-electron chi connectivity index (χ0n) is 6.83. The van der Waals surface area contributed by atoms with E-state index in [-0.39, 0.29) is 11.8 Å². The van der Waals surface area contributed by atoms with E-state index < -0.39 is 5.92 Å². The van der Waals surface area contributed by atoms with Crippen LogP contribution in [0, 0.1) is 11.3 Å². The van der Waals surface area contributed by atoms with Gasteiger partial charge in [0.25, 0.3) is 0 Å². The van der Waals surface area contributed by atoms with Crippen molar-refractivity contribution in [1.82, 2.24) is 0 Å². The summed E-state index contributed by atoms with van der Waals surface area (Å²) in [6.45, 7) is 3.04. The molecule has 66 valence electrons. The average Bonchev–Trinajstić information content (AvgIpc) is 2.39. The Morgan fingerprint density at radius 2 is 2.09 bits per heavy atom. The van der Waals surface area contributed by atoms with Gasteiger partial charge in [-0.05, 0) is 24.7 Å². The normalized spacial score (nSPS) is 37.4. The maximum Gasteiger partial charge on any atom is 0.246 e. The van der Waals surface area contributed by atoms with Gasteiger partial charge in [-0.25, -0.2) is 8.78 Å². The molecule has 0 saturated heterocycles. The van der Waals surface area contributed by atoms with Crippen molar-refractivity contribution in [2.24, 2.45) is 11.3 Å². The molecule has 0 N–H and O–H groups in total. The van der Waals surface area contributed by atoms with Crippen molar-refractivity contribution >= 4 is 15.9 Å². The Hall–Kier alpha value is 0.340. The van der Waals surface area contributed by atoms with E-state index in [4.69, 9.17) is 0 Å². The summed E-state index contributed by atoms with van der Waals surface area (Å²) in [5.74, 6) is -2.04. The molecule has 2 atom stereocenters. The molecule has 1 rings (SSSR count). The van der Waals surface area contributed by atoms with E-state index in [1.165, 1.54) is 0 Å². The Balaban J connectivity index is 2.48. The van der Waals surface area contributed by atoms with Gasteiger partial charge in [0.15, 0.2) is 0 Å². The van der Waals surface area contributed by atoms with E-state index in [0.29, 0.717) is 11.2 Å². The molecule has 1 aliphatic rings. The number of hydrogen-bond donors (Lipinski definition) is 0. The summed E-state index contributed by atoms with van der Waals surface area (Å²) in [4.78, 5) is 0. The molecule has 0 aromatic heterocycles. The van der Waals surface area contributed by atoms with Crippen molar-refractivity contribution in [1.29, 1.82) is 0 Å². The molecule has 0 bridgehead atoms. The summed E-state index contributed by atoms with van der Waals surface area (Å²) in [5.41, 5.74) is -0.0990. The maximum absolute atomic E-state index is 12.6. The third-order valence-electron chi connectivity index (χ3n) is 2.53. The lowest BCUT2D eigenvalue weighted by atomic mass is 9.98. The quantitative estimate of drug-likeness (QED) is 0.647. The van der Waals surface area contributed by atoms with Gasteiger partial charge in [0.1, 0.15) is 0 Å². The van der Waals surface area contributed by atoms with Crippen molar-refractivity contribution in [3.63, 3.8) is 0 Å². The highest BCUT2D eigenvalue weighted by molar-refractivity contribution is 9.09. The maximum atomic E-state index is 12.6. The minimum absolute atomic E-state index is 0.0341. The Bertz CT molecular complexity index is 149. The van der Waals surface area contributed by atoms with Crippen LogP contribution in [0.2, 0.25) is 0 Å². The van der Waals surface area contributed by atoms with E-state index in [1.807, 2.05) is 6.92 Å². The van der Waals surface area contributed by atoms with Crippen LogP contribution in [-0.2, 0) is 0 Å². The molecule has 0 spiro atoms. The lowest BCUT2D eigenvalue weighted by Gasteiger charge is -2.18. The minimum atomic E-state index is -2.50. The summed E-state index contributed by atoms with van der Waals surface area (Å²) in [6, 6.07) is 0. The van der Waals surface area contributed by atoms with Crippen LogP contribution in [0.4, 0.5) is 8.78 Å². The molecular weight excluding hydrogens is 214 g/mol. The second-order valence-electron chi connectivity index (χ2n) is 3.85. The van der Waals surface area contributed by atoms with Crippen LogP contribution in [-0.4, -0.2) is 11.3 Å². The zero-order chi connectivity index (χ0) is 8.70. The monoisotopic (exact) mass is 226 g/mol. The van der Waals surface area contributed by atoms with Gasteiger partial charge in [0, 0.05) is 11.8 Å². The molecule has 0 aliphatic heterocycles. The van der Waals surface area contributed by atoms with E-state index in [9.17, 15) is 8.78 Å². The first-order valence-corrected chi connectivity index (χ1v) is 4.96. The summed E-state index contributed by atoms with van der Waals surface area (Å²) < 4.78 is 25.2. The fourth-order valence-corrected chi connectivity index (χ4v) is 2.63. The van der Waals surface area contributed by atoms with Crippen molar-refractivity contribution in [3.05, 3.63) is 0 Å². The Labute approximate surface area is 74.5 Å². The van der Waals surface area contributed by atoms with Crippen molar-refractivity contribution < 1.29 is 8.78 Å². The van der Waals surface area contributed by atoms with Gasteiger partial charge in [0.2, 0.25) is 5.92 Å². The molecule has 1 aliphatic carbocycles. The van der Waals surface area contributed by atoms with E-state index in [1.54, 1.807) is 0 Å². The zero-order valence-corrected chi connectivity index (χ0v) is 8.42. The number of halogens is 3. The third kappa shape index (κ3) is 2.14. The highest BCUT2D eigenvalue weighted by Crippen LogP contribution is 2.58. The van der Waals surface area contributed by atoms with E-state index >= 15 is 0 Å². The molecule has 0 amide bonds. The number of hydrogen-bond acceptors (Lipinski definition) is 0. The molecule has 0 aromatic rings. The Morgan fingerprint density at radius 3 is 2.18 bits per heavy atom. The van der Waals surface area contributed by atoms with Crippen LogP contribution in [0.15, 0.2) is 0 Å². The van der Waals surface area contributed by atoms with Gasteiger partial charge >= 0.3 is 0 Å². The van der Waals surface area contributed by atoms with Crippen LogP contribution < -0.4 is 0 Å². The van der Waals surface area contributed by atoms with Crippen LogP contribution in [0.3, 0.4) is 0 Å². The Morgan fingerprint density at radius 1 is 1.64 bits per heavy atom. The molecule has 1 saturated carbocycles. The first-order chi connectivity index (χ1) is 4.90. The second kappa shape index (κ2) is 2.68. The van der Waals surface area contributed by atoms with E-state index in [0.717, 1.165) is 13.3 Å². The van der Waals surface area contributed by atoms with Crippen LogP contribution in [0.5, 0.6) is 0 Å². The Kier molecular flexibility index (Phi) is 2.30. The van der Waals surface area contributed by atoms with Gasteiger partial charge in [-0.15, -0.1) is 0 Å². The van der Waals surface area contributed by atoms with Crippen LogP contribution in [0.25, 0.3) is 0 Å². The summed E-state index contributed by atoms with van der Waals surface area (Å²) in [6.07, 6.45) is 0.980. The van der Waals surface area contributed by atoms with Gasteiger partial charge < -0.3 is 0 Å². The van der Waals surface area contributed by atoms with Crippen molar-refractivity contribution in [2.75, 3.05) is 5.33 Å². The van der Waals surface area contributed by atoms with Gasteiger partial charge in [0.05, 0.1) is 0 Å². The molecule has 0 aromatic carbocycles. The van der Waals surface area contributed by atoms with Gasteiger partial charge in [-0.2, -0.15) is 0 Å². The van der Waals surface area contributed by atoms with Gasteiger partial charge in [-0.3, -0.25) is 0 Å². The standard InChI is InChI=1S/C8H13BrF2/c1-6-3-8(6,5-9)4-7(2,10)11/h6H,3-5H2,1-2H3. The molecule has 1 fully saturated rings. The second-order valence-corrected chi connectivity index (χ2v) is 4.41. The summed E-state index contributed by atoms with van der Waals surface area (Å²) >= 11 is 3.29. The number of rotatable bonds is 3. The van der Waals surface area contributed by atoms with Crippen molar-refractivity contribution in [3.8, 4) is 0 Å². The first kappa shape index (κ1) is 9.43. The smallest absolute Gasteiger partial charge is 0.207 e. The molecule has 3 heteroatoms. The lowest BCUT2D eigenvalue weighted by Crippen LogP contribution is -2.19. The SMILES string of the molecule is CC1CC1(CBr)CC(C)(F)F. The third-order valence-corrected chi connectivity index (χ3v) is 3.64. The van der Waals surface area contributed by atoms with E-state index in [2.05, 4.69) is 15.9 Å². The first-order valence-electron chi connectivity index (χ1n) is 3.83. The van der Waals surface area contributed by atoms with Crippen LogP contribution >= 0.6 is 15.9 Å². The highest BCUT2D eigenvalue weighted by atomic mass is 79.9. The fraction of sp³-hybridized carbons (Fsp3) is 1.00. The van der Waals surface area contributed by atoms with Crippen LogP contribution in [0.1, 0.15) is 26.7 Å². The predicted molar refractivity (Wildman–Crippen MR) is 45.2 cm³/mol. The fourth-order valence-electron chi connectivity index (χ4n) is 1.65. The minimum Gasteiger partial charge on any atom is -0.207 e. The molecule has 11 heavy (non-hydrogen) atoms. The summed E-state index contributed by atoms with van der Waals surface area (Å²) in [7, 11) is 0. The highest BCUT2D eigenvalue weighted by Gasteiger charge is 2.53. The predicted octanol–water partition coefficient (Wildman–Crippen LogP) is 3.45. The molecule has 2 unspecified atom stereocenters.